The van der Waals surface area contributed by atoms with Crippen molar-refractivity contribution < 1.29 is 13.9 Å². The third kappa shape index (κ3) is 3.35. The molecule has 3 rings (SSSR count). The predicted molar refractivity (Wildman–Crippen MR) is 82.3 cm³/mol. The van der Waals surface area contributed by atoms with Crippen LogP contribution in [-0.2, 0) is 4.74 Å². The average molecular weight is 339 g/mol. The minimum absolute atomic E-state index is 0.00960. The molecule has 1 N–H and O–H groups in total. The molecular formula is C15H16ClFN4O2. The van der Waals surface area contributed by atoms with E-state index in [-0.39, 0.29) is 16.6 Å². The first kappa shape index (κ1) is 15.9. The molecular weight excluding hydrogens is 323 g/mol. The smallest absolute Gasteiger partial charge is 0.273 e. The number of ether oxygens (including phenoxy) is 1. The highest BCUT2D eigenvalue weighted by Gasteiger charge is 2.20. The second kappa shape index (κ2) is 6.64. The highest BCUT2D eigenvalue weighted by Crippen LogP contribution is 2.20. The van der Waals surface area contributed by atoms with Crippen LogP contribution in [0.2, 0.25) is 5.02 Å². The van der Waals surface area contributed by atoms with Gasteiger partial charge in [0.25, 0.3) is 5.91 Å². The molecule has 0 bridgehead atoms. The van der Waals surface area contributed by atoms with E-state index in [1.54, 1.807) is 6.92 Å². The largest absolute Gasteiger partial charge is 0.381 e. The summed E-state index contributed by atoms with van der Waals surface area (Å²) in [6, 6.07) is 4.22. The monoisotopic (exact) mass is 338 g/mol. The highest BCUT2D eigenvalue weighted by molar-refractivity contribution is 6.30. The number of carbonyl (C=O) groups is 1. The van der Waals surface area contributed by atoms with E-state index in [1.807, 2.05) is 0 Å². The number of hydrogen-bond donors (Lipinski definition) is 1. The summed E-state index contributed by atoms with van der Waals surface area (Å²) in [6.07, 6.45) is 0.944. The summed E-state index contributed by atoms with van der Waals surface area (Å²) in [7, 11) is 0. The van der Waals surface area contributed by atoms with Crippen molar-refractivity contribution in [3.63, 3.8) is 0 Å². The van der Waals surface area contributed by atoms with E-state index < -0.39 is 5.82 Å². The third-order valence-corrected chi connectivity index (χ3v) is 4.12. The standard InChI is InChI=1S/C15H16ClFN4O2/c1-9-14(15(22)18-7-10-4-5-23-8-10)19-20-21(9)11-2-3-13(17)12(16)6-11/h2-3,6,10H,4-5,7-8H2,1H3,(H,18,22). The second-order valence-electron chi connectivity index (χ2n) is 5.47. The Bertz CT molecular complexity index is 728. The van der Waals surface area contributed by atoms with Crippen LogP contribution in [0.25, 0.3) is 5.69 Å². The molecule has 1 unspecified atom stereocenters. The summed E-state index contributed by atoms with van der Waals surface area (Å²) in [5.41, 5.74) is 1.35. The molecule has 1 fully saturated rings. The van der Waals surface area contributed by atoms with Gasteiger partial charge in [-0.1, -0.05) is 16.8 Å². The topological polar surface area (TPSA) is 69.0 Å². The molecule has 1 aromatic carbocycles. The van der Waals surface area contributed by atoms with E-state index in [0.29, 0.717) is 30.5 Å². The fraction of sp³-hybridized carbons (Fsp3) is 0.400. The number of carbonyl (C=O) groups excluding carboxylic acids is 1. The molecule has 1 aromatic heterocycles. The summed E-state index contributed by atoms with van der Waals surface area (Å²) in [4.78, 5) is 12.2. The Kier molecular flexibility index (Phi) is 4.58. The number of rotatable bonds is 4. The van der Waals surface area contributed by atoms with Crippen LogP contribution in [0.3, 0.4) is 0 Å². The summed E-state index contributed by atoms with van der Waals surface area (Å²) in [6.45, 7) is 3.68. The van der Waals surface area contributed by atoms with Crippen molar-refractivity contribution in [1.29, 1.82) is 0 Å². The molecule has 2 aromatic rings. The number of amides is 1. The van der Waals surface area contributed by atoms with Crippen molar-refractivity contribution in [3.8, 4) is 5.69 Å². The fourth-order valence-electron chi connectivity index (χ4n) is 2.47. The molecule has 0 aliphatic carbocycles. The van der Waals surface area contributed by atoms with Gasteiger partial charge in [-0.05, 0) is 31.5 Å². The van der Waals surface area contributed by atoms with Gasteiger partial charge >= 0.3 is 0 Å². The van der Waals surface area contributed by atoms with Gasteiger partial charge in [-0.2, -0.15) is 0 Å². The SMILES string of the molecule is Cc1c(C(=O)NCC2CCOC2)nnn1-c1ccc(F)c(Cl)c1. The molecule has 23 heavy (non-hydrogen) atoms. The van der Waals surface area contributed by atoms with Crippen molar-refractivity contribution >= 4 is 17.5 Å². The first-order valence-electron chi connectivity index (χ1n) is 7.30. The van der Waals surface area contributed by atoms with Crippen molar-refractivity contribution in [2.75, 3.05) is 19.8 Å². The molecule has 8 heteroatoms. The van der Waals surface area contributed by atoms with Gasteiger partial charge in [-0.3, -0.25) is 4.79 Å². The van der Waals surface area contributed by atoms with Crippen LogP contribution in [-0.4, -0.2) is 40.7 Å². The van der Waals surface area contributed by atoms with Crippen LogP contribution < -0.4 is 5.32 Å². The number of benzene rings is 1. The van der Waals surface area contributed by atoms with Gasteiger partial charge in [0.2, 0.25) is 0 Å². The minimum Gasteiger partial charge on any atom is -0.381 e. The summed E-state index contributed by atoms with van der Waals surface area (Å²) in [5, 5.41) is 10.7. The van der Waals surface area contributed by atoms with E-state index >= 15 is 0 Å². The fourth-order valence-corrected chi connectivity index (χ4v) is 2.64. The van der Waals surface area contributed by atoms with Gasteiger partial charge in [-0.25, -0.2) is 9.07 Å². The molecule has 1 aliphatic heterocycles. The zero-order valence-electron chi connectivity index (χ0n) is 12.6. The predicted octanol–water partition coefficient (Wildman–Crippen LogP) is 2.13. The molecule has 2 heterocycles. The van der Waals surface area contributed by atoms with Gasteiger partial charge in [0.05, 0.1) is 23.0 Å². The first-order chi connectivity index (χ1) is 11.1. The normalized spacial score (nSPS) is 17.4. The van der Waals surface area contributed by atoms with E-state index in [1.165, 1.54) is 22.9 Å². The Morgan fingerprint density at radius 3 is 3.09 bits per heavy atom. The Morgan fingerprint density at radius 1 is 1.57 bits per heavy atom. The average Bonchev–Trinajstić information content (AvgIpc) is 3.17. The second-order valence-corrected chi connectivity index (χ2v) is 5.88. The lowest BCUT2D eigenvalue weighted by molar-refractivity contribution is 0.0939. The number of nitrogens with one attached hydrogen (secondary N) is 1. The Morgan fingerprint density at radius 2 is 2.39 bits per heavy atom. The van der Waals surface area contributed by atoms with E-state index in [0.717, 1.165) is 13.0 Å². The zero-order chi connectivity index (χ0) is 16.4. The van der Waals surface area contributed by atoms with E-state index in [9.17, 15) is 9.18 Å². The summed E-state index contributed by atoms with van der Waals surface area (Å²) >= 11 is 5.78. The maximum Gasteiger partial charge on any atom is 0.273 e. The third-order valence-electron chi connectivity index (χ3n) is 3.83. The maximum absolute atomic E-state index is 13.2. The van der Waals surface area contributed by atoms with Crippen molar-refractivity contribution in [2.45, 2.75) is 13.3 Å². The van der Waals surface area contributed by atoms with Crippen LogP contribution in [0.15, 0.2) is 18.2 Å². The zero-order valence-corrected chi connectivity index (χ0v) is 13.3. The van der Waals surface area contributed by atoms with Crippen molar-refractivity contribution in [2.24, 2.45) is 5.92 Å². The Labute approximate surface area is 137 Å². The van der Waals surface area contributed by atoms with Gasteiger partial charge in [0.1, 0.15) is 5.82 Å². The van der Waals surface area contributed by atoms with Gasteiger partial charge in [0.15, 0.2) is 5.69 Å². The van der Waals surface area contributed by atoms with Gasteiger partial charge < -0.3 is 10.1 Å². The molecule has 1 aliphatic rings. The Balaban J connectivity index is 1.75. The van der Waals surface area contributed by atoms with Crippen LogP contribution in [0.1, 0.15) is 22.6 Å². The lowest BCUT2D eigenvalue weighted by Gasteiger charge is -2.08. The molecule has 0 saturated carbocycles. The number of aromatic nitrogens is 3. The number of hydrogen-bond acceptors (Lipinski definition) is 4. The van der Waals surface area contributed by atoms with Crippen LogP contribution in [0, 0.1) is 18.7 Å². The number of halogens is 2. The molecule has 1 saturated heterocycles. The minimum atomic E-state index is -0.509. The maximum atomic E-state index is 13.2. The lowest BCUT2D eigenvalue weighted by Crippen LogP contribution is -2.30. The van der Waals surface area contributed by atoms with Gasteiger partial charge in [-0.15, -0.1) is 5.10 Å². The van der Waals surface area contributed by atoms with Crippen molar-refractivity contribution in [1.82, 2.24) is 20.3 Å². The quantitative estimate of drug-likeness (QED) is 0.927. The van der Waals surface area contributed by atoms with Crippen LogP contribution in [0.4, 0.5) is 4.39 Å². The van der Waals surface area contributed by atoms with E-state index in [2.05, 4.69) is 15.6 Å². The molecule has 1 amide bonds. The lowest BCUT2D eigenvalue weighted by atomic mass is 10.1. The molecule has 0 radical (unpaired) electrons. The first-order valence-corrected chi connectivity index (χ1v) is 7.67. The number of nitrogens with zero attached hydrogens (tertiary/aromatic N) is 3. The van der Waals surface area contributed by atoms with Crippen LogP contribution >= 0.6 is 11.6 Å². The summed E-state index contributed by atoms with van der Waals surface area (Å²) < 4.78 is 20.0. The Hall–Kier alpha value is -1.99. The molecule has 1 atom stereocenters. The van der Waals surface area contributed by atoms with Crippen LogP contribution in [0.5, 0.6) is 0 Å². The highest BCUT2D eigenvalue weighted by atomic mass is 35.5. The molecule has 122 valence electrons. The van der Waals surface area contributed by atoms with Gasteiger partial charge in [0, 0.05) is 19.1 Å². The van der Waals surface area contributed by atoms with E-state index in [4.69, 9.17) is 16.3 Å². The molecule has 0 spiro atoms. The summed E-state index contributed by atoms with van der Waals surface area (Å²) in [5.74, 6) is -0.455. The van der Waals surface area contributed by atoms with Crippen molar-refractivity contribution in [3.05, 3.63) is 40.4 Å². The molecule has 6 nitrogen and oxygen atoms in total.